The molecule has 5 nitrogen and oxygen atoms in total. The van der Waals surface area contributed by atoms with Crippen molar-refractivity contribution in [2.24, 2.45) is 0 Å². The molecular formula is C15H19ClN2O3. The van der Waals surface area contributed by atoms with Crippen LogP contribution in [0, 0.1) is 0 Å². The number of esters is 1. The highest BCUT2D eigenvalue weighted by Gasteiger charge is 2.33. The van der Waals surface area contributed by atoms with Crippen LogP contribution in [0.15, 0.2) is 18.2 Å². The first-order valence-electron chi connectivity index (χ1n) is 6.66. The van der Waals surface area contributed by atoms with Gasteiger partial charge < -0.3 is 19.8 Å². The lowest BCUT2D eigenvalue weighted by Gasteiger charge is -2.26. The zero-order chi connectivity index (χ0) is 14.3. The van der Waals surface area contributed by atoms with Gasteiger partial charge in [0.05, 0.1) is 20.1 Å². The van der Waals surface area contributed by atoms with Crippen LogP contribution in [-0.4, -0.2) is 31.7 Å². The van der Waals surface area contributed by atoms with Gasteiger partial charge in [-0.05, 0) is 24.6 Å². The third kappa shape index (κ3) is 2.47. The number of fused-ring (bicyclic) bond motifs is 3. The first-order valence-corrected chi connectivity index (χ1v) is 6.66. The molecule has 0 radical (unpaired) electrons. The van der Waals surface area contributed by atoms with Gasteiger partial charge in [0, 0.05) is 35.2 Å². The Hall–Kier alpha value is -1.72. The van der Waals surface area contributed by atoms with E-state index in [-0.39, 0.29) is 30.3 Å². The van der Waals surface area contributed by atoms with E-state index in [0.29, 0.717) is 6.54 Å². The normalized spacial score (nSPS) is 20.5. The quantitative estimate of drug-likeness (QED) is 0.837. The monoisotopic (exact) mass is 310 g/mol. The molecule has 0 amide bonds. The van der Waals surface area contributed by atoms with E-state index in [9.17, 15) is 4.79 Å². The van der Waals surface area contributed by atoms with Crippen molar-refractivity contribution in [3.8, 4) is 5.75 Å². The highest BCUT2D eigenvalue weighted by Crippen LogP contribution is 2.37. The summed E-state index contributed by atoms with van der Waals surface area (Å²) in [6.45, 7) is 2.68. The molecule has 1 aromatic heterocycles. The number of hydrogen-bond acceptors (Lipinski definition) is 4. The van der Waals surface area contributed by atoms with Crippen LogP contribution >= 0.6 is 12.4 Å². The average Bonchev–Trinajstić information content (AvgIpc) is 2.86. The van der Waals surface area contributed by atoms with Crippen molar-refractivity contribution in [3.05, 3.63) is 29.5 Å². The second-order valence-corrected chi connectivity index (χ2v) is 5.07. The molecular weight excluding hydrogens is 292 g/mol. The Kier molecular flexibility index (Phi) is 4.44. The Morgan fingerprint density at radius 1 is 1.33 bits per heavy atom. The highest BCUT2D eigenvalue weighted by atomic mass is 35.5. The molecule has 6 heteroatoms. The summed E-state index contributed by atoms with van der Waals surface area (Å²) in [5.41, 5.74) is 3.08. The molecule has 0 fully saturated rings. The molecule has 2 heterocycles. The van der Waals surface area contributed by atoms with Crippen molar-refractivity contribution >= 4 is 29.3 Å². The van der Waals surface area contributed by atoms with Crippen LogP contribution in [0.2, 0.25) is 0 Å². The molecule has 2 unspecified atom stereocenters. The van der Waals surface area contributed by atoms with Gasteiger partial charge in [-0.3, -0.25) is 4.79 Å². The molecule has 0 saturated carbocycles. The maximum absolute atomic E-state index is 12.0. The van der Waals surface area contributed by atoms with E-state index in [1.807, 2.05) is 18.2 Å². The summed E-state index contributed by atoms with van der Waals surface area (Å²) in [7, 11) is 3.07. The lowest BCUT2D eigenvalue weighted by molar-refractivity contribution is -0.142. The zero-order valence-electron chi connectivity index (χ0n) is 12.2. The second-order valence-electron chi connectivity index (χ2n) is 5.07. The SMILES string of the molecule is COC(=O)C1CNC(C)c2[nH]c3cc(OC)ccc3c21.Cl. The van der Waals surface area contributed by atoms with Crippen LogP contribution < -0.4 is 10.1 Å². The van der Waals surface area contributed by atoms with Crippen molar-refractivity contribution in [3.63, 3.8) is 0 Å². The molecule has 0 aliphatic carbocycles. The van der Waals surface area contributed by atoms with Gasteiger partial charge in [0.15, 0.2) is 0 Å². The summed E-state index contributed by atoms with van der Waals surface area (Å²) in [6.07, 6.45) is 0. The van der Waals surface area contributed by atoms with Crippen molar-refractivity contribution in [2.75, 3.05) is 20.8 Å². The standard InChI is InChI=1S/C15H18N2O3.ClH/c1-8-14-13(11(7-16-8)15(18)20-3)10-5-4-9(19-2)6-12(10)17-14;/h4-6,8,11,16-17H,7H2,1-3H3;1H. The van der Waals surface area contributed by atoms with E-state index in [4.69, 9.17) is 9.47 Å². The summed E-state index contributed by atoms with van der Waals surface area (Å²) in [6, 6.07) is 6.05. The van der Waals surface area contributed by atoms with E-state index in [2.05, 4.69) is 17.2 Å². The van der Waals surface area contributed by atoms with Crippen LogP contribution in [0.5, 0.6) is 5.75 Å². The summed E-state index contributed by atoms with van der Waals surface area (Å²) in [5.74, 6) is 0.321. The Morgan fingerprint density at radius 3 is 2.76 bits per heavy atom. The molecule has 114 valence electrons. The average molecular weight is 311 g/mol. The van der Waals surface area contributed by atoms with Crippen molar-refractivity contribution in [1.82, 2.24) is 10.3 Å². The molecule has 0 bridgehead atoms. The minimum atomic E-state index is -0.270. The van der Waals surface area contributed by atoms with Crippen molar-refractivity contribution in [2.45, 2.75) is 18.9 Å². The Bertz CT molecular complexity index is 668. The van der Waals surface area contributed by atoms with Crippen molar-refractivity contribution < 1.29 is 14.3 Å². The summed E-state index contributed by atoms with van der Waals surface area (Å²) in [4.78, 5) is 15.4. The van der Waals surface area contributed by atoms with Crippen molar-refractivity contribution in [1.29, 1.82) is 0 Å². The van der Waals surface area contributed by atoms with Gasteiger partial charge in [-0.15, -0.1) is 12.4 Å². The van der Waals surface area contributed by atoms with Gasteiger partial charge in [0.25, 0.3) is 0 Å². The number of H-pyrrole nitrogens is 1. The van der Waals surface area contributed by atoms with Gasteiger partial charge in [0.2, 0.25) is 0 Å². The summed E-state index contributed by atoms with van der Waals surface area (Å²) >= 11 is 0. The van der Waals surface area contributed by atoms with Crippen LogP contribution in [0.1, 0.15) is 30.1 Å². The third-order valence-electron chi connectivity index (χ3n) is 3.97. The largest absolute Gasteiger partial charge is 0.497 e. The Balaban J connectivity index is 0.00000161. The number of nitrogens with one attached hydrogen (secondary N) is 2. The number of carbonyl (C=O) groups excluding carboxylic acids is 1. The van der Waals surface area contributed by atoms with Gasteiger partial charge in [0.1, 0.15) is 5.75 Å². The topological polar surface area (TPSA) is 63.3 Å². The maximum Gasteiger partial charge on any atom is 0.314 e. The van der Waals surface area contributed by atoms with Gasteiger partial charge in [-0.1, -0.05) is 0 Å². The predicted molar refractivity (Wildman–Crippen MR) is 83.3 cm³/mol. The molecule has 21 heavy (non-hydrogen) atoms. The number of ether oxygens (including phenoxy) is 2. The van der Waals surface area contributed by atoms with E-state index in [1.165, 1.54) is 7.11 Å². The fourth-order valence-electron chi connectivity index (χ4n) is 2.91. The molecule has 2 atom stereocenters. The summed E-state index contributed by atoms with van der Waals surface area (Å²) < 4.78 is 10.2. The zero-order valence-corrected chi connectivity index (χ0v) is 13.0. The van der Waals surface area contributed by atoms with E-state index >= 15 is 0 Å². The van der Waals surface area contributed by atoms with Crippen LogP contribution in [0.25, 0.3) is 10.9 Å². The molecule has 1 aliphatic heterocycles. The molecule has 0 spiro atoms. The minimum absolute atomic E-state index is 0. The minimum Gasteiger partial charge on any atom is -0.497 e. The number of benzene rings is 1. The second kappa shape index (κ2) is 5.95. The number of aromatic amines is 1. The van der Waals surface area contributed by atoms with Gasteiger partial charge in [-0.25, -0.2) is 0 Å². The van der Waals surface area contributed by atoms with Crippen LogP contribution in [-0.2, 0) is 9.53 Å². The molecule has 1 aliphatic rings. The molecule has 3 rings (SSSR count). The molecule has 2 N–H and O–H groups in total. The predicted octanol–water partition coefficient (Wildman–Crippen LogP) is 2.52. The number of methoxy groups -OCH3 is 2. The Morgan fingerprint density at radius 2 is 2.10 bits per heavy atom. The van der Waals surface area contributed by atoms with E-state index in [0.717, 1.165) is 27.9 Å². The number of aromatic nitrogens is 1. The molecule has 2 aromatic rings. The van der Waals surface area contributed by atoms with Gasteiger partial charge >= 0.3 is 5.97 Å². The number of rotatable bonds is 2. The number of carbonyl (C=O) groups is 1. The van der Waals surface area contributed by atoms with Gasteiger partial charge in [-0.2, -0.15) is 0 Å². The smallest absolute Gasteiger partial charge is 0.314 e. The number of halogens is 1. The molecule has 1 aromatic carbocycles. The first kappa shape index (κ1) is 15.7. The highest BCUT2D eigenvalue weighted by molar-refractivity contribution is 5.92. The van der Waals surface area contributed by atoms with Crippen LogP contribution in [0.4, 0.5) is 0 Å². The van der Waals surface area contributed by atoms with E-state index < -0.39 is 0 Å². The fraction of sp³-hybridized carbons (Fsp3) is 0.400. The fourth-order valence-corrected chi connectivity index (χ4v) is 2.91. The first-order chi connectivity index (χ1) is 9.65. The lowest BCUT2D eigenvalue weighted by Crippen LogP contribution is -2.35. The number of hydrogen-bond donors (Lipinski definition) is 2. The van der Waals surface area contributed by atoms with Crippen LogP contribution in [0.3, 0.4) is 0 Å². The van der Waals surface area contributed by atoms with E-state index in [1.54, 1.807) is 7.11 Å². The third-order valence-corrected chi connectivity index (χ3v) is 3.97. The lowest BCUT2D eigenvalue weighted by atomic mass is 9.90. The maximum atomic E-state index is 12.0. The summed E-state index contributed by atoms with van der Waals surface area (Å²) in [5, 5.41) is 4.39. The molecule has 0 saturated heterocycles. The Labute approximate surface area is 129 Å².